The number of para-hydroxylation sites is 1. The Balaban J connectivity index is 1.44. The van der Waals surface area contributed by atoms with E-state index in [2.05, 4.69) is 10.3 Å². The lowest BCUT2D eigenvalue weighted by molar-refractivity contribution is 0.0983. The average molecular weight is 504 g/mol. The Morgan fingerprint density at radius 1 is 1.03 bits per heavy atom. The number of aromatic nitrogens is 1. The maximum absolute atomic E-state index is 13.8. The lowest BCUT2D eigenvalue weighted by Gasteiger charge is -2.23. The van der Waals surface area contributed by atoms with Gasteiger partial charge in [-0.25, -0.2) is 9.37 Å². The molecule has 35 heavy (non-hydrogen) atoms. The molecule has 1 N–H and O–H groups in total. The van der Waals surface area contributed by atoms with Crippen molar-refractivity contribution in [3.8, 4) is 0 Å². The van der Waals surface area contributed by atoms with Crippen molar-refractivity contribution in [1.82, 2.24) is 4.98 Å². The second kappa shape index (κ2) is 9.52. The Kier molecular flexibility index (Phi) is 6.28. The van der Waals surface area contributed by atoms with Crippen LogP contribution in [0.15, 0.2) is 88.9 Å². The zero-order valence-electron chi connectivity index (χ0n) is 18.6. The summed E-state index contributed by atoms with van der Waals surface area (Å²) in [6, 6.07) is 20.5. The fraction of sp³-hybridized carbons (Fsp3) is 0.0741. The van der Waals surface area contributed by atoms with Crippen molar-refractivity contribution in [3.05, 3.63) is 112 Å². The molecule has 0 atom stereocenters. The summed E-state index contributed by atoms with van der Waals surface area (Å²) >= 11 is 8.04. The summed E-state index contributed by atoms with van der Waals surface area (Å²) in [4.78, 5) is 33.4. The number of nitrogens with one attached hydrogen (secondary N) is 1. The van der Waals surface area contributed by atoms with E-state index in [1.54, 1.807) is 36.2 Å². The summed E-state index contributed by atoms with van der Waals surface area (Å²) in [5.41, 5.74) is 2.91. The van der Waals surface area contributed by atoms with Crippen LogP contribution in [-0.2, 0) is 6.54 Å². The highest BCUT2D eigenvalue weighted by atomic mass is 35.5. The lowest BCUT2D eigenvalue weighted by atomic mass is 10.1. The molecular formula is C27H19ClFN3O2S. The standard InChI is InChI=1S/C27H19ClFN3O2S/c1-16-19(7-4-8-22(16)29)25(33)31-18-11-12-20(21(28)14-18)27(34)32-15-17-6-5-13-30-26(17)35-24-10-3-2-9-23(24)32/h2-14H,15H2,1H3,(H,31,33). The predicted molar refractivity (Wildman–Crippen MR) is 136 cm³/mol. The fourth-order valence-corrected chi connectivity index (χ4v) is 5.18. The number of benzene rings is 3. The van der Waals surface area contributed by atoms with Crippen LogP contribution in [0.4, 0.5) is 15.8 Å². The van der Waals surface area contributed by atoms with Crippen molar-refractivity contribution < 1.29 is 14.0 Å². The van der Waals surface area contributed by atoms with E-state index in [0.29, 0.717) is 17.8 Å². The number of anilines is 2. The molecule has 1 aliphatic rings. The van der Waals surface area contributed by atoms with Crippen LogP contribution in [0.2, 0.25) is 5.02 Å². The molecule has 174 valence electrons. The van der Waals surface area contributed by atoms with Gasteiger partial charge in [-0.15, -0.1) is 0 Å². The Hall–Kier alpha value is -3.68. The van der Waals surface area contributed by atoms with Gasteiger partial charge < -0.3 is 10.2 Å². The van der Waals surface area contributed by atoms with E-state index in [4.69, 9.17) is 11.6 Å². The number of carbonyl (C=O) groups excluding carboxylic acids is 2. The van der Waals surface area contributed by atoms with E-state index < -0.39 is 11.7 Å². The summed E-state index contributed by atoms with van der Waals surface area (Å²) in [6.45, 7) is 1.89. The molecule has 0 unspecified atom stereocenters. The second-order valence-electron chi connectivity index (χ2n) is 7.99. The summed E-state index contributed by atoms with van der Waals surface area (Å²) in [5.74, 6) is -1.18. The van der Waals surface area contributed by atoms with Gasteiger partial charge in [-0.05, 0) is 61.0 Å². The molecule has 0 bridgehead atoms. The zero-order chi connectivity index (χ0) is 24.5. The van der Waals surface area contributed by atoms with Crippen LogP contribution in [-0.4, -0.2) is 16.8 Å². The molecule has 1 aromatic heterocycles. The van der Waals surface area contributed by atoms with Crippen LogP contribution in [0.5, 0.6) is 0 Å². The topological polar surface area (TPSA) is 62.3 Å². The van der Waals surface area contributed by atoms with E-state index in [-0.39, 0.29) is 22.1 Å². The first-order chi connectivity index (χ1) is 16.9. The number of carbonyl (C=O) groups is 2. The summed E-state index contributed by atoms with van der Waals surface area (Å²) in [6.07, 6.45) is 1.74. The van der Waals surface area contributed by atoms with Crippen LogP contribution in [0.25, 0.3) is 0 Å². The number of nitrogens with zero attached hydrogens (tertiary/aromatic N) is 2. The summed E-state index contributed by atoms with van der Waals surface area (Å²) in [5, 5.41) is 3.78. The van der Waals surface area contributed by atoms with Gasteiger partial charge >= 0.3 is 0 Å². The third-order valence-electron chi connectivity index (χ3n) is 5.76. The highest BCUT2D eigenvalue weighted by Crippen LogP contribution is 2.41. The van der Waals surface area contributed by atoms with Gasteiger partial charge in [-0.2, -0.15) is 0 Å². The quantitative estimate of drug-likeness (QED) is 0.336. The molecular weight excluding hydrogens is 485 g/mol. The Labute approximate surface area is 211 Å². The Bertz CT molecular complexity index is 1480. The summed E-state index contributed by atoms with van der Waals surface area (Å²) < 4.78 is 13.8. The minimum Gasteiger partial charge on any atom is -0.322 e. The molecule has 4 aromatic rings. The van der Waals surface area contributed by atoms with Gasteiger partial charge in [0.2, 0.25) is 0 Å². The Morgan fingerprint density at radius 2 is 1.86 bits per heavy atom. The third-order valence-corrected chi connectivity index (χ3v) is 7.19. The van der Waals surface area contributed by atoms with Crippen LogP contribution >= 0.6 is 23.4 Å². The van der Waals surface area contributed by atoms with Crippen LogP contribution in [0.3, 0.4) is 0 Å². The van der Waals surface area contributed by atoms with Gasteiger partial charge in [0.1, 0.15) is 10.8 Å². The lowest BCUT2D eigenvalue weighted by Crippen LogP contribution is -2.30. The number of halogens is 2. The first-order valence-electron chi connectivity index (χ1n) is 10.8. The molecule has 5 rings (SSSR count). The first-order valence-corrected chi connectivity index (χ1v) is 12.0. The summed E-state index contributed by atoms with van der Waals surface area (Å²) in [7, 11) is 0. The van der Waals surface area contributed by atoms with Gasteiger partial charge in [0.25, 0.3) is 11.8 Å². The normalized spacial score (nSPS) is 12.4. The number of rotatable bonds is 3. The van der Waals surface area contributed by atoms with E-state index >= 15 is 0 Å². The third kappa shape index (κ3) is 4.52. The van der Waals surface area contributed by atoms with Crippen molar-refractivity contribution in [3.63, 3.8) is 0 Å². The predicted octanol–water partition coefficient (Wildman–Crippen LogP) is 6.75. The molecule has 0 aliphatic carbocycles. The van der Waals surface area contributed by atoms with Gasteiger partial charge in [-0.3, -0.25) is 9.59 Å². The maximum Gasteiger partial charge on any atom is 0.260 e. The van der Waals surface area contributed by atoms with E-state index in [1.165, 1.54) is 30.0 Å². The van der Waals surface area contributed by atoms with Crippen molar-refractivity contribution in [2.75, 3.05) is 10.2 Å². The van der Waals surface area contributed by atoms with E-state index in [0.717, 1.165) is 21.2 Å². The average Bonchev–Trinajstić information content (AvgIpc) is 3.02. The smallest absolute Gasteiger partial charge is 0.260 e. The van der Waals surface area contributed by atoms with Crippen molar-refractivity contribution >= 4 is 46.6 Å². The maximum atomic E-state index is 13.8. The zero-order valence-corrected chi connectivity index (χ0v) is 20.2. The molecule has 0 saturated heterocycles. The van der Waals surface area contributed by atoms with Crippen molar-refractivity contribution in [2.45, 2.75) is 23.4 Å². The van der Waals surface area contributed by atoms with Gasteiger partial charge in [0.15, 0.2) is 0 Å². The number of pyridine rings is 1. The highest BCUT2D eigenvalue weighted by molar-refractivity contribution is 7.99. The largest absolute Gasteiger partial charge is 0.322 e. The minimum atomic E-state index is -0.459. The monoisotopic (exact) mass is 503 g/mol. The number of hydrogen-bond acceptors (Lipinski definition) is 4. The van der Waals surface area contributed by atoms with Crippen molar-refractivity contribution in [2.24, 2.45) is 0 Å². The number of amides is 2. The van der Waals surface area contributed by atoms with Gasteiger partial charge in [0, 0.05) is 27.9 Å². The Morgan fingerprint density at radius 3 is 2.69 bits per heavy atom. The van der Waals surface area contributed by atoms with Crippen LogP contribution in [0, 0.1) is 12.7 Å². The first kappa shape index (κ1) is 23.1. The van der Waals surface area contributed by atoms with Crippen LogP contribution in [0.1, 0.15) is 31.8 Å². The molecule has 2 amide bonds. The van der Waals surface area contributed by atoms with E-state index in [1.807, 2.05) is 36.4 Å². The highest BCUT2D eigenvalue weighted by Gasteiger charge is 2.27. The second-order valence-corrected chi connectivity index (χ2v) is 9.43. The van der Waals surface area contributed by atoms with E-state index in [9.17, 15) is 14.0 Å². The number of fused-ring (bicyclic) bond motifs is 2. The molecule has 8 heteroatoms. The van der Waals surface area contributed by atoms with Crippen LogP contribution < -0.4 is 10.2 Å². The SMILES string of the molecule is Cc1c(F)cccc1C(=O)Nc1ccc(C(=O)N2Cc3cccnc3Sc3ccccc32)c(Cl)c1. The molecule has 0 fully saturated rings. The molecule has 2 heterocycles. The van der Waals surface area contributed by atoms with Gasteiger partial charge in [-0.1, -0.05) is 47.6 Å². The van der Waals surface area contributed by atoms with Crippen molar-refractivity contribution in [1.29, 1.82) is 0 Å². The number of hydrogen-bond donors (Lipinski definition) is 1. The molecule has 0 spiro atoms. The molecule has 0 radical (unpaired) electrons. The molecule has 0 saturated carbocycles. The fourth-order valence-electron chi connectivity index (χ4n) is 3.91. The molecule has 1 aliphatic heterocycles. The minimum absolute atomic E-state index is 0.199. The molecule has 3 aromatic carbocycles. The van der Waals surface area contributed by atoms with Gasteiger partial charge in [0.05, 0.1) is 22.8 Å². The molecule has 5 nitrogen and oxygen atoms in total.